The van der Waals surface area contributed by atoms with Crippen molar-refractivity contribution in [1.29, 1.82) is 0 Å². The van der Waals surface area contributed by atoms with Gasteiger partial charge in [-0.15, -0.1) is 11.8 Å². The predicted molar refractivity (Wildman–Crippen MR) is 109 cm³/mol. The van der Waals surface area contributed by atoms with Crippen LogP contribution in [0.3, 0.4) is 0 Å². The Kier molecular flexibility index (Phi) is 11.2. The lowest BCUT2D eigenvalue weighted by molar-refractivity contribution is -0.156. The van der Waals surface area contributed by atoms with E-state index >= 15 is 0 Å². The number of amides is 1. The van der Waals surface area contributed by atoms with Crippen LogP contribution in [-0.4, -0.2) is 68.6 Å². The lowest BCUT2D eigenvalue weighted by atomic mass is 10.2. The highest BCUT2D eigenvalue weighted by Gasteiger charge is 2.27. The summed E-state index contributed by atoms with van der Waals surface area (Å²) in [5.74, 6) is -0.0575. The highest BCUT2D eigenvalue weighted by molar-refractivity contribution is 9.10. The fraction of sp³-hybridized carbons (Fsp3) is 0.733. The third-order valence-electron chi connectivity index (χ3n) is 3.15. The molecular formula is C15H21Br2NO6S2. The Balaban J connectivity index is 2.42. The number of carbonyl (C=O) groups is 4. The van der Waals surface area contributed by atoms with Gasteiger partial charge in [0.1, 0.15) is 22.4 Å². The van der Waals surface area contributed by atoms with E-state index in [0.717, 1.165) is 5.75 Å². The highest BCUT2D eigenvalue weighted by Crippen LogP contribution is 2.19. The standard InChI is InChI=1S/C15H21Br2NO6S2/c1-8(16)13(20)23-5-10(24-14(21)9(2)17)6-25-7-12(19)18-11-3-4-26-15(11)22/h8-11H,3-7H2,1-2H3,(H,18,19). The van der Waals surface area contributed by atoms with Gasteiger partial charge in [0.25, 0.3) is 0 Å². The fourth-order valence-electron chi connectivity index (χ4n) is 1.81. The molecule has 0 saturated carbocycles. The number of nitrogens with one attached hydrogen (secondary N) is 1. The second-order valence-corrected chi connectivity index (χ2v) is 10.4. The first-order valence-electron chi connectivity index (χ1n) is 7.89. The number of alkyl halides is 2. The number of carbonyl (C=O) groups excluding carboxylic acids is 4. The van der Waals surface area contributed by atoms with E-state index in [1.54, 1.807) is 13.8 Å². The van der Waals surface area contributed by atoms with E-state index in [1.165, 1.54) is 23.5 Å². The Bertz CT molecular complexity index is 532. The first-order valence-corrected chi connectivity index (χ1v) is 11.9. The first kappa shape index (κ1) is 23.8. The average Bonchev–Trinajstić information content (AvgIpc) is 2.96. The van der Waals surface area contributed by atoms with Crippen LogP contribution in [0.25, 0.3) is 0 Å². The van der Waals surface area contributed by atoms with E-state index < -0.39 is 33.7 Å². The van der Waals surface area contributed by atoms with Gasteiger partial charge in [0.05, 0.1) is 11.8 Å². The molecule has 1 heterocycles. The Morgan fingerprint density at radius 3 is 2.46 bits per heavy atom. The molecular weight excluding hydrogens is 514 g/mol. The van der Waals surface area contributed by atoms with Crippen molar-refractivity contribution in [3.8, 4) is 0 Å². The van der Waals surface area contributed by atoms with Crippen molar-refractivity contribution in [2.24, 2.45) is 0 Å². The van der Waals surface area contributed by atoms with Gasteiger partial charge in [-0.2, -0.15) is 0 Å². The third-order valence-corrected chi connectivity index (χ3v) is 5.98. The van der Waals surface area contributed by atoms with Crippen molar-refractivity contribution >= 4 is 78.3 Å². The van der Waals surface area contributed by atoms with Crippen molar-refractivity contribution in [2.75, 3.05) is 23.9 Å². The molecule has 0 radical (unpaired) electrons. The molecule has 1 N–H and O–H groups in total. The predicted octanol–water partition coefficient (Wildman–Crippen LogP) is 1.89. The number of halogens is 2. The van der Waals surface area contributed by atoms with Crippen molar-refractivity contribution < 1.29 is 28.7 Å². The average molecular weight is 535 g/mol. The molecule has 0 aromatic heterocycles. The normalized spacial score (nSPS) is 20.2. The molecule has 26 heavy (non-hydrogen) atoms. The minimum Gasteiger partial charge on any atom is -0.461 e. The van der Waals surface area contributed by atoms with Gasteiger partial charge in [0.15, 0.2) is 0 Å². The van der Waals surface area contributed by atoms with Gasteiger partial charge >= 0.3 is 11.9 Å². The van der Waals surface area contributed by atoms with Gasteiger partial charge in [0, 0.05) is 11.5 Å². The van der Waals surface area contributed by atoms with Crippen LogP contribution in [0.2, 0.25) is 0 Å². The van der Waals surface area contributed by atoms with Crippen molar-refractivity contribution in [2.45, 2.75) is 42.1 Å². The smallest absolute Gasteiger partial charge is 0.319 e. The third kappa shape index (κ3) is 9.09. The summed E-state index contributed by atoms with van der Waals surface area (Å²) < 4.78 is 10.4. The lowest BCUT2D eigenvalue weighted by Gasteiger charge is -2.19. The molecule has 148 valence electrons. The van der Waals surface area contributed by atoms with Crippen LogP contribution in [0.15, 0.2) is 0 Å². The van der Waals surface area contributed by atoms with Crippen LogP contribution >= 0.6 is 55.4 Å². The zero-order chi connectivity index (χ0) is 19.7. The molecule has 1 fully saturated rings. The van der Waals surface area contributed by atoms with E-state index in [4.69, 9.17) is 9.47 Å². The Labute approximate surface area is 177 Å². The van der Waals surface area contributed by atoms with E-state index in [0.29, 0.717) is 6.42 Å². The minimum atomic E-state index is -0.667. The highest BCUT2D eigenvalue weighted by atomic mass is 79.9. The summed E-state index contributed by atoms with van der Waals surface area (Å²) in [6, 6.07) is -0.419. The number of hydrogen-bond donors (Lipinski definition) is 1. The molecule has 4 atom stereocenters. The maximum Gasteiger partial charge on any atom is 0.319 e. The van der Waals surface area contributed by atoms with Gasteiger partial charge in [-0.3, -0.25) is 19.2 Å². The summed E-state index contributed by atoms with van der Waals surface area (Å²) in [4.78, 5) is 45.8. The zero-order valence-corrected chi connectivity index (χ0v) is 19.2. The molecule has 0 bridgehead atoms. The second-order valence-electron chi connectivity index (χ2n) is 5.51. The number of ether oxygens (including phenoxy) is 2. The Hall–Kier alpha value is -0.260. The minimum absolute atomic E-state index is 0.0164. The molecule has 0 spiro atoms. The zero-order valence-electron chi connectivity index (χ0n) is 14.4. The molecule has 4 unspecified atom stereocenters. The van der Waals surface area contributed by atoms with E-state index in [2.05, 4.69) is 37.2 Å². The molecule has 1 rings (SSSR count). The maximum absolute atomic E-state index is 11.9. The van der Waals surface area contributed by atoms with Crippen LogP contribution in [0, 0.1) is 0 Å². The maximum atomic E-state index is 11.9. The Morgan fingerprint density at radius 2 is 1.92 bits per heavy atom. The van der Waals surface area contributed by atoms with Crippen molar-refractivity contribution in [1.82, 2.24) is 5.32 Å². The lowest BCUT2D eigenvalue weighted by Crippen LogP contribution is -2.38. The number of thioether (sulfide) groups is 2. The SMILES string of the molecule is CC(Br)C(=O)OCC(CSCC(=O)NC1CCSC1=O)OC(=O)C(C)Br. The second kappa shape index (κ2) is 12.2. The number of hydrogen-bond acceptors (Lipinski definition) is 8. The summed E-state index contributed by atoms with van der Waals surface area (Å²) in [6.07, 6.45) is -0.0246. The number of rotatable bonds is 10. The van der Waals surface area contributed by atoms with Gasteiger partial charge in [-0.05, 0) is 20.3 Å². The molecule has 1 aliphatic rings. The number of esters is 2. The van der Waals surface area contributed by atoms with Crippen LogP contribution < -0.4 is 5.32 Å². The summed E-state index contributed by atoms with van der Waals surface area (Å²) >= 11 is 8.69. The molecule has 0 aliphatic carbocycles. The van der Waals surface area contributed by atoms with Crippen LogP contribution in [0.1, 0.15) is 20.3 Å². The molecule has 0 aromatic carbocycles. The fourth-order valence-corrected chi connectivity index (χ4v) is 3.80. The van der Waals surface area contributed by atoms with Gasteiger partial charge < -0.3 is 14.8 Å². The Morgan fingerprint density at radius 1 is 1.27 bits per heavy atom. The van der Waals surface area contributed by atoms with Gasteiger partial charge in [0.2, 0.25) is 11.0 Å². The summed E-state index contributed by atoms with van der Waals surface area (Å²) in [6.45, 7) is 3.17. The van der Waals surface area contributed by atoms with E-state index in [1.807, 2.05) is 0 Å². The topological polar surface area (TPSA) is 98.8 Å². The van der Waals surface area contributed by atoms with Crippen LogP contribution in [-0.2, 0) is 28.7 Å². The van der Waals surface area contributed by atoms with Crippen LogP contribution in [0.5, 0.6) is 0 Å². The van der Waals surface area contributed by atoms with E-state index in [-0.39, 0.29) is 29.1 Å². The quantitative estimate of drug-likeness (QED) is 0.335. The molecule has 11 heteroatoms. The summed E-state index contributed by atoms with van der Waals surface area (Å²) in [7, 11) is 0. The van der Waals surface area contributed by atoms with Gasteiger partial charge in [-0.1, -0.05) is 43.6 Å². The monoisotopic (exact) mass is 533 g/mol. The van der Waals surface area contributed by atoms with Crippen molar-refractivity contribution in [3.63, 3.8) is 0 Å². The summed E-state index contributed by atoms with van der Waals surface area (Å²) in [5.41, 5.74) is 0. The molecule has 0 aromatic rings. The first-order chi connectivity index (χ1) is 12.2. The largest absolute Gasteiger partial charge is 0.461 e. The van der Waals surface area contributed by atoms with E-state index in [9.17, 15) is 19.2 Å². The molecule has 1 aliphatic heterocycles. The molecule has 1 amide bonds. The van der Waals surface area contributed by atoms with Crippen LogP contribution in [0.4, 0.5) is 0 Å². The molecule has 7 nitrogen and oxygen atoms in total. The van der Waals surface area contributed by atoms with Crippen molar-refractivity contribution in [3.05, 3.63) is 0 Å². The molecule has 1 saturated heterocycles. The summed E-state index contributed by atoms with van der Waals surface area (Å²) in [5, 5.41) is 2.67. The van der Waals surface area contributed by atoms with Gasteiger partial charge in [-0.25, -0.2) is 0 Å².